The van der Waals surface area contributed by atoms with Crippen LogP contribution in [-0.4, -0.2) is 43.0 Å². The Morgan fingerprint density at radius 1 is 1.27 bits per heavy atom. The molecule has 1 aliphatic rings. The molecule has 3 unspecified atom stereocenters. The van der Waals surface area contributed by atoms with Crippen molar-refractivity contribution < 1.29 is 14.2 Å². The molecule has 0 amide bonds. The van der Waals surface area contributed by atoms with E-state index in [1.807, 2.05) is 20.8 Å². The summed E-state index contributed by atoms with van der Waals surface area (Å²) in [6.45, 7) is 8.14. The summed E-state index contributed by atoms with van der Waals surface area (Å²) >= 11 is 3.56. The quantitative estimate of drug-likeness (QED) is 0.529. The number of hydrogen-bond acceptors (Lipinski definition) is 3. The summed E-state index contributed by atoms with van der Waals surface area (Å²) in [6.07, 6.45) is 1.77. The van der Waals surface area contributed by atoms with Gasteiger partial charge in [-0.3, -0.25) is 0 Å². The molecule has 1 fully saturated rings. The first-order chi connectivity index (χ1) is 7.15. The molecule has 1 rings (SSSR count). The molecular formula is C11H21BrO3. The molecule has 1 saturated carbocycles. The van der Waals surface area contributed by atoms with Crippen LogP contribution in [-0.2, 0) is 14.2 Å². The fourth-order valence-corrected chi connectivity index (χ4v) is 2.44. The highest BCUT2D eigenvalue weighted by molar-refractivity contribution is 9.09. The topological polar surface area (TPSA) is 27.7 Å². The van der Waals surface area contributed by atoms with Crippen molar-refractivity contribution in [2.24, 2.45) is 0 Å². The first kappa shape index (κ1) is 13.4. The van der Waals surface area contributed by atoms with Crippen molar-refractivity contribution >= 4 is 15.9 Å². The van der Waals surface area contributed by atoms with Crippen molar-refractivity contribution in [1.29, 1.82) is 0 Å². The van der Waals surface area contributed by atoms with Crippen LogP contribution in [0.25, 0.3) is 0 Å². The van der Waals surface area contributed by atoms with Crippen LogP contribution >= 0.6 is 15.9 Å². The Kier molecular flexibility index (Phi) is 6.12. The number of hydrogen-bond donors (Lipinski definition) is 0. The highest BCUT2D eigenvalue weighted by Gasteiger charge is 2.40. The van der Waals surface area contributed by atoms with Gasteiger partial charge >= 0.3 is 0 Å². The average molecular weight is 281 g/mol. The summed E-state index contributed by atoms with van der Waals surface area (Å²) in [7, 11) is 0. The second kappa shape index (κ2) is 6.84. The Balaban J connectivity index is 2.06. The molecule has 0 N–H and O–H groups in total. The van der Waals surface area contributed by atoms with E-state index in [1.165, 1.54) is 0 Å². The van der Waals surface area contributed by atoms with Gasteiger partial charge in [0.1, 0.15) is 0 Å². The zero-order chi connectivity index (χ0) is 11.3. The van der Waals surface area contributed by atoms with Crippen molar-refractivity contribution in [1.82, 2.24) is 0 Å². The van der Waals surface area contributed by atoms with Gasteiger partial charge < -0.3 is 14.2 Å². The van der Waals surface area contributed by atoms with E-state index in [4.69, 9.17) is 14.2 Å². The third-order valence-electron chi connectivity index (χ3n) is 2.41. The van der Waals surface area contributed by atoms with Gasteiger partial charge in [-0.25, -0.2) is 0 Å². The molecule has 4 heteroatoms. The molecule has 1 aliphatic carbocycles. The van der Waals surface area contributed by atoms with Crippen LogP contribution in [0, 0.1) is 0 Å². The Morgan fingerprint density at radius 3 is 2.53 bits per heavy atom. The lowest BCUT2D eigenvalue weighted by Gasteiger charge is -2.40. The fraction of sp³-hybridized carbons (Fsp3) is 1.00. The lowest BCUT2D eigenvalue weighted by Crippen LogP contribution is -2.51. The number of alkyl halides is 1. The summed E-state index contributed by atoms with van der Waals surface area (Å²) in [4.78, 5) is 0.452. The normalized spacial score (nSPS) is 30.6. The van der Waals surface area contributed by atoms with E-state index in [2.05, 4.69) is 15.9 Å². The second-order valence-electron chi connectivity index (χ2n) is 4.00. The first-order valence-electron chi connectivity index (χ1n) is 5.64. The summed E-state index contributed by atoms with van der Waals surface area (Å²) in [5.74, 6) is 0. The molecule has 0 aromatic heterocycles. The molecule has 0 bridgehead atoms. The van der Waals surface area contributed by atoms with Crippen molar-refractivity contribution in [2.75, 3.05) is 19.8 Å². The minimum Gasteiger partial charge on any atom is -0.376 e. The van der Waals surface area contributed by atoms with Crippen molar-refractivity contribution in [3.8, 4) is 0 Å². The van der Waals surface area contributed by atoms with Crippen molar-refractivity contribution in [2.45, 2.75) is 50.3 Å². The molecule has 3 atom stereocenters. The molecule has 15 heavy (non-hydrogen) atoms. The Hall–Kier alpha value is 0.360. The summed E-state index contributed by atoms with van der Waals surface area (Å²) < 4.78 is 16.7. The van der Waals surface area contributed by atoms with Crippen LogP contribution in [0.3, 0.4) is 0 Å². The number of rotatable bonds is 7. The Morgan fingerprint density at radius 2 is 2.00 bits per heavy atom. The maximum Gasteiger partial charge on any atom is 0.0962 e. The third kappa shape index (κ3) is 4.39. The van der Waals surface area contributed by atoms with Gasteiger partial charge in [0.15, 0.2) is 0 Å². The first-order valence-corrected chi connectivity index (χ1v) is 6.55. The van der Waals surface area contributed by atoms with Crippen molar-refractivity contribution in [3.05, 3.63) is 0 Å². The second-order valence-corrected chi connectivity index (χ2v) is 5.18. The van der Waals surface area contributed by atoms with Gasteiger partial charge in [-0.15, -0.1) is 0 Å². The van der Waals surface area contributed by atoms with Gasteiger partial charge in [-0.05, 0) is 27.2 Å². The lowest BCUT2D eigenvalue weighted by atomic mass is 9.91. The maximum absolute atomic E-state index is 5.68. The van der Waals surface area contributed by atoms with Gasteiger partial charge in [0.25, 0.3) is 0 Å². The van der Waals surface area contributed by atoms with E-state index in [0.29, 0.717) is 18.0 Å². The van der Waals surface area contributed by atoms with E-state index >= 15 is 0 Å². The van der Waals surface area contributed by atoms with Crippen LogP contribution < -0.4 is 0 Å². The predicted molar refractivity (Wildman–Crippen MR) is 63.6 cm³/mol. The molecule has 0 aromatic carbocycles. The molecule has 0 spiro atoms. The van der Waals surface area contributed by atoms with Gasteiger partial charge in [0.2, 0.25) is 0 Å². The van der Waals surface area contributed by atoms with E-state index in [0.717, 1.165) is 13.0 Å². The van der Waals surface area contributed by atoms with E-state index in [-0.39, 0.29) is 18.3 Å². The standard InChI is InChI=1S/C11H21BrO3/c1-4-13-11-9(12)7-10(11)15-6-5-14-8(2)3/h8-11H,4-7H2,1-3H3. The van der Waals surface area contributed by atoms with Crippen LogP contribution in [0.1, 0.15) is 27.2 Å². The SMILES string of the molecule is CCOC1C(Br)CC1OCCOC(C)C. The van der Waals surface area contributed by atoms with Gasteiger partial charge in [0, 0.05) is 11.4 Å². The molecule has 0 aliphatic heterocycles. The fourth-order valence-electron chi connectivity index (χ4n) is 1.58. The summed E-state index contributed by atoms with van der Waals surface area (Å²) in [6, 6.07) is 0. The minimum absolute atomic E-state index is 0.217. The molecule has 0 aromatic rings. The highest BCUT2D eigenvalue weighted by Crippen LogP contribution is 2.33. The van der Waals surface area contributed by atoms with E-state index < -0.39 is 0 Å². The zero-order valence-corrected chi connectivity index (χ0v) is 11.3. The zero-order valence-electron chi connectivity index (χ0n) is 9.74. The van der Waals surface area contributed by atoms with Gasteiger partial charge in [-0.1, -0.05) is 15.9 Å². The largest absolute Gasteiger partial charge is 0.376 e. The summed E-state index contributed by atoms with van der Waals surface area (Å²) in [5.41, 5.74) is 0. The average Bonchev–Trinajstić information content (AvgIpc) is 2.18. The molecule has 0 heterocycles. The van der Waals surface area contributed by atoms with Crippen LogP contribution in [0.5, 0.6) is 0 Å². The smallest absolute Gasteiger partial charge is 0.0962 e. The van der Waals surface area contributed by atoms with E-state index in [9.17, 15) is 0 Å². The lowest BCUT2D eigenvalue weighted by molar-refractivity contribution is -0.128. The number of ether oxygens (including phenoxy) is 3. The minimum atomic E-state index is 0.217. The predicted octanol–water partition coefficient (Wildman–Crippen LogP) is 2.37. The van der Waals surface area contributed by atoms with Gasteiger partial charge in [0.05, 0.1) is 31.5 Å². The van der Waals surface area contributed by atoms with Crippen LogP contribution in [0.4, 0.5) is 0 Å². The van der Waals surface area contributed by atoms with Crippen molar-refractivity contribution in [3.63, 3.8) is 0 Å². The third-order valence-corrected chi connectivity index (χ3v) is 3.30. The Bertz CT molecular complexity index is 175. The molecule has 0 radical (unpaired) electrons. The van der Waals surface area contributed by atoms with Gasteiger partial charge in [-0.2, -0.15) is 0 Å². The summed E-state index contributed by atoms with van der Waals surface area (Å²) in [5, 5.41) is 0. The highest BCUT2D eigenvalue weighted by atomic mass is 79.9. The van der Waals surface area contributed by atoms with Crippen LogP contribution in [0.15, 0.2) is 0 Å². The Labute approximate surface area is 101 Å². The van der Waals surface area contributed by atoms with Crippen LogP contribution in [0.2, 0.25) is 0 Å². The molecule has 3 nitrogen and oxygen atoms in total. The number of halogens is 1. The maximum atomic E-state index is 5.68. The van der Waals surface area contributed by atoms with E-state index in [1.54, 1.807) is 0 Å². The molecule has 90 valence electrons. The monoisotopic (exact) mass is 280 g/mol. The molecular weight excluding hydrogens is 260 g/mol. The molecule has 0 saturated heterocycles.